The molecule has 6 nitrogen and oxygen atoms in total. The highest BCUT2D eigenvalue weighted by atomic mass is 32.2. The number of sulfonamides is 1. The summed E-state index contributed by atoms with van der Waals surface area (Å²) >= 11 is 0. The van der Waals surface area contributed by atoms with E-state index in [4.69, 9.17) is 4.74 Å². The molecule has 3 aromatic rings. The molecule has 4 rings (SSSR count). The normalized spacial score (nSPS) is 14.0. The fraction of sp³-hybridized carbons (Fsp3) is 0.208. The molecule has 0 aliphatic carbocycles. The lowest BCUT2D eigenvalue weighted by molar-refractivity contribution is 0.209. The Bertz CT molecular complexity index is 1190. The number of benzene rings is 3. The predicted molar refractivity (Wildman–Crippen MR) is 120 cm³/mol. The molecule has 0 bridgehead atoms. The summed E-state index contributed by atoms with van der Waals surface area (Å²) in [4.78, 5) is 14.2. The minimum absolute atomic E-state index is 0.242. The number of para-hydroxylation sites is 1. The van der Waals surface area contributed by atoms with E-state index in [1.807, 2.05) is 43.3 Å². The molecule has 7 heteroatoms. The zero-order chi connectivity index (χ0) is 22.0. The second kappa shape index (κ2) is 8.53. The Balaban J connectivity index is 1.51. The number of hydrogen-bond donors (Lipinski definition) is 0. The quantitative estimate of drug-likeness (QED) is 0.609. The van der Waals surface area contributed by atoms with Gasteiger partial charge in [0.2, 0.25) is 10.0 Å². The molecule has 0 N–H and O–H groups in total. The summed E-state index contributed by atoms with van der Waals surface area (Å²) in [6.07, 6.45) is 0.101. The first kappa shape index (κ1) is 21.1. The molecule has 160 valence electrons. The van der Waals surface area contributed by atoms with Gasteiger partial charge in [-0.3, -0.25) is 4.90 Å². The van der Waals surface area contributed by atoms with E-state index in [2.05, 4.69) is 0 Å². The van der Waals surface area contributed by atoms with Gasteiger partial charge in [-0.05, 0) is 60.9 Å². The van der Waals surface area contributed by atoms with Crippen LogP contribution < -0.4 is 9.64 Å². The first-order chi connectivity index (χ1) is 14.8. The standard InChI is InChI=1S/C24H24N2O4S/c1-18-8-12-23(13-9-18)31(28,29)26-15-14-19-10-11-22(16-20(19)17-26)30-24(27)25(2)21-6-4-3-5-7-21/h3-13,16H,14-15,17H2,1-2H3. The number of rotatable bonds is 4. The van der Waals surface area contributed by atoms with E-state index in [-0.39, 0.29) is 11.4 Å². The fourth-order valence-electron chi connectivity index (χ4n) is 3.56. The van der Waals surface area contributed by atoms with Gasteiger partial charge in [0.15, 0.2) is 0 Å². The van der Waals surface area contributed by atoms with Crippen LogP contribution in [0.4, 0.5) is 10.5 Å². The summed E-state index contributed by atoms with van der Waals surface area (Å²) in [6, 6.07) is 21.5. The Kier molecular flexibility index (Phi) is 5.80. The molecule has 0 spiro atoms. The van der Waals surface area contributed by atoms with Crippen LogP contribution in [0.1, 0.15) is 16.7 Å². The van der Waals surface area contributed by atoms with E-state index in [0.717, 1.165) is 22.4 Å². The Morgan fingerprint density at radius 2 is 1.68 bits per heavy atom. The van der Waals surface area contributed by atoms with Crippen LogP contribution in [-0.2, 0) is 23.0 Å². The van der Waals surface area contributed by atoms with E-state index in [9.17, 15) is 13.2 Å². The number of fused-ring (bicyclic) bond motifs is 1. The monoisotopic (exact) mass is 436 g/mol. The van der Waals surface area contributed by atoms with Crippen molar-refractivity contribution in [3.8, 4) is 5.75 Å². The van der Waals surface area contributed by atoms with Crippen molar-refractivity contribution >= 4 is 21.8 Å². The first-order valence-corrected chi connectivity index (χ1v) is 11.5. The second-order valence-electron chi connectivity index (χ2n) is 7.59. The van der Waals surface area contributed by atoms with Gasteiger partial charge in [0, 0.05) is 25.8 Å². The highest BCUT2D eigenvalue weighted by molar-refractivity contribution is 7.89. The van der Waals surface area contributed by atoms with E-state index < -0.39 is 16.1 Å². The maximum absolute atomic E-state index is 13.1. The van der Waals surface area contributed by atoms with E-state index in [0.29, 0.717) is 18.7 Å². The minimum atomic E-state index is -3.59. The average molecular weight is 437 g/mol. The van der Waals surface area contributed by atoms with Gasteiger partial charge in [-0.1, -0.05) is 42.0 Å². The minimum Gasteiger partial charge on any atom is -0.410 e. The number of amides is 1. The number of anilines is 1. The number of nitrogens with zero attached hydrogens (tertiary/aromatic N) is 2. The van der Waals surface area contributed by atoms with Gasteiger partial charge in [0.05, 0.1) is 4.90 Å². The third-order valence-electron chi connectivity index (χ3n) is 5.44. The lowest BCUT2D eigenvalue weighted by atomic mass is 10.0. The Morgan fingerprint density at radius 1 is 0.968 bits per heavy atom. The molecule has 0 saturated carbocycles. The van der Waals surface area contributed by atoms with Gasteiger partial charge >= 0.3 is 6.09 Å². The third-order valence-corrected chi connectivity index (χ3v) is 7.30. The molecule has 1 heterocycles. The predicted octanol–water partition coefficient (Wildman–Crippen LogP) is 4.38. The van der Waals surface area contributed by atoms with E-state index in [1.165, 1.54) is 9.21 Å². The van der Waals surface area contributed by atoms with Gasteiger partial charge in [0.25, 0.3) is 0 Å². The number of ether oxygens (including phenoxy) is 1. The first-order valence-electron chi connectivity index (χ1n) is 10.0. The zero-order valence-electron chi connectivity index (χ0n) is 17.5. The molecule has 0 atom stereocenters. The van der Waals surface area contributed by atoms with Crippen molar-refractivity contribution in [2.24, 2.45) is 0 Å². The summed E-state index contributed by atoms with van der Waals surface area (Å²) in [6.45, 7) is 2.58. The highest BCUT2D eigenvalue weighted by Crippen LogP contribution is 2.28. The summed E-state index contributed by atoms with van der Waals surface area (Å²) in [7, 11) is -1.94. The molecular weight excluding hydrogens is 412 g/mol. The van der Waals surface area contributed by atoms with Crippen LogP contribution in [0, 0.1) is 6.92 Å². The second-order valence-corrected chi connectivity index (χ2v) is 9.53. The van der Waals surface area contributed by atoms with Crippen molar-refractivity contribution in [3.63, 3.8) is 0 Å². The van der Waals surface area contributed by atoms with Crippen LogP contribution in [0.2, 0.25) is 0 Å². The summed E-state index contributed by atoms with van der Waals surface area (Å²) in [5, 5.41) is 0. The maximum atomic E-state index is 13.1. The largest absolute Gasteiger partial charge is 0.419 e. The van der Waals surface area contributed by atoms with Gasteiger partial charge in [-0.2, -0.15) is 4.31 Å². The van der Waals surface area contributed by atoms with Crippen molar-refractivity contribution in [3.05, 3.63) is 89.5 Å². The van der Waals surface area contributed by atoms with Crippen LogP contribution >= 0.6 is 0 Å². The highest BCUT2D eigenvalue weighted by Gasteiger charge is 2.28. The summed E-state index contributed by atoms with van der Waals surface area (Å²) < 4.78 is 33.1. The van der Waals surface area contributed by atoms with Gasteiger partial charge in [0.1, 0.15) is 5.75 Å². The van der Waals surface area contributed by atoms with Crippen molar-refractivity contribution in [2.75, 3.05) is 18.5 Å². The lowest BCUT2D eigenvalue weighted by Gasteiger charge is -2.28. The van der Waals surface area contributed by atoms with Gasteiger partial charge in [-0.25, -0.2) is 13.2 Å². The van der Waals surface area contributed by atoms with Crippen LogP contribution in [-0.4, -0.2) is 32.4 Å². The van der Waals surface area contributed by atoms with Crippen molar-refractivity contribution in [1.82, 2.24) is 4.31 Å². The van der Waals surface area contributed by atoms with Gasteiger partial charge in [-0.15, -0.1) is 0 Å². The van der Waals surface area contributed by atoms with Crippen LogP contribution in [0.25, 0.3) is 0 Å². The smallest absolute Gasteiger partial charge is 0.410 e. The van der Waals surface area contributed by atoms with Gasteiger partial charge < -0.3 is 4.74 Å². The Morgan fingerprint density at radius 3 is 2.39 bits per heavy atom. The van der Waals surface area contributed by atoms with Crippen LogP contribution in [0.15, 0.2) is 77.7 Å². The van der Waals surface area contributed by atoms with Crippen molar-refractivity contribution in [1.29, 1.82) is 0 Å². The molecule has 1 aliphatic rings. The molecule has 3 aromatic carbocycles. The SMILES string of the molecule is Cc1ccc(S(=O)(=O)N2CCc3ccc(OC(=O)N(C)c4ccccc4)cc3C2)cc1. The molecule has 31 heavy (non-hydrogen) atoms. The number of carbonyl (C=O) groups excluding carboxylic acids is 1. The molecule has 0 aromatic heterocycles. The maximum Gasteiger partial charge on any atom is 0.419 e. The topological polar surface area (TPSA) is 66.9 Å². The molecule has 1 amide bonds. The van der Waals surface area contributed by atoms with Crippen LogP contribution in [0.5, 0.6) is 5.75 Å². The number of hydrogen-bond acceptors (Lipinski definition) is 4. The lowest BCUT2D eigenvalue weighted by Crippen LogP contribution is -2.36. The molecular formula is C24H24N2O4S. The van der Waals surface area contributed by atoms with E-state index >= 15 is 0 Å². The zero-order valence-corrected chi connectivity index (χ0v) is 18.3. The van der Waals surface area contributed by atoms with Crippen molar-refractivity contribution in [2.45, 2.75) is 24.8 Å². The molecule has 0 saturated heterocycles. The average Bonchev–Trinajstić information content (AvgIpc) is 2.79. The molecule has 1 aliphatic heterocycles. The number of carbonyl (C=O) groups is 1. The Hall–Kier alpha value is -3.16. The number of aryl methyl sites for hydroxylation is 1. The molecule has 0 unspecified atom stereocenters. The fourth-order valence-corrected chi connectivity index (χ4v) is 4.98. The van der Waals surface area contributed by atoms with E-state index in [1.54, 1.807) is 43.4 Å². The van der Waals surface area contributed by atoms with Crippen LogP contribution in [0.3, 0.4) is 0 Å². The third kappa shape index (κ3) is 4.47. The molecule has 0 fully saturated rings. The summed E-state index contributed by atoms with van der Waals surface area (Å²) in [5.74, 6) is 0.390. The molecule has 0 radical (unpaired) electrons. The Labute approximate surface area is 182 Å². The summed E-state index contributed by atoms with van der Waals surface area (Å²) in [5.41, 5.74) is 3.64. The van der Waals surface area contributed by atoms with Crippen molar-refractivity contribution < 1.29 is 17.9 Å².